The minimum Gasteiger partial charge on any atom is -0.392 e. The van der Waals surface area contributed by atoms with Gasteiger partial charge in [-0.25, -0.2) is 0 Å². The van der Waals surface area contributed by atoms with Crippen LogP contribution < -0.4 is 5.32 Å². The predicted octanol–water partition coefficient (Wildman–Crippen LogP) is 2.30. The standard InChI is InChI=1S/C14H23ClN2O/c1-11(18)10-17(3)9-8-14(16-2)12-4-6-13(15)7-5-12/h4-7,11,14,16,18H,8-10H2,1-3H3. The maximum atomic E-state index is 9.32. The Labute approximate surface area is 115 Å². The summed E-state index contributed by atoms with van der Waals surface area (Å²) in [6.07, 6.45) is 0.722. The third-order valence-corrected chi connectivity index (χ3v) is 3.25. The molecular weight excluding hydrogens is 248 g/mol. The van der Waals surface area contributed by atoms with Crippen molar-refractivity contribution in [2.24, 2.45) is 0 Å². The first-order valence-corrected chi connectivity index (χ1v) is 6.70. The number of hydrogen-bond donors (Lipinski definition) is 2. The molecule has 1 aromatic carbocycles. The first-order valence-electron chi connectivity index (χ1n) is 6.32. The smallest absolute Gasteiger partial charge is 0.0638 e. The second kappa shape index (κ2) is 7.74. The molecule has 0 saturated heterocycles. The van der Waals surface area contributed by atoms with Crippen LogP contribution in [0.4, 0.5) is 0 Å². The molecule has 2 N–H and O–H groups in total. The number of rotatable bonds is 7. The van der Waals surface area contributed by atoms with Crippen LogP contribution in [0.1, 0.15) is 24.9 Å². The van der Waals surface area contributed by atoms with E-state index in [1.165, 1.54) is 5.56 Å². The largest absolute Gasteiger partial charge is 0.392 e. The van der Waals surface area contributed by atoms with E-state index >= 15 is 0 Å². The molecule has 0 spiro atoms. The van der Waals surface area contributed by atoms with Gasteiger partial charge in [-0.1, -0.05) is 23.7 Å². The van der Waals surface area contributed by atoms with Crippen LogP contribution in [0.5, 0.6) is 0 Å². The number of aliphatic hydroxyl groups is 1. The Kier molecular flexibility index (Phi) is 6.65. The van der Waals surface area contributed by atoms with Gasteiger partial charge in [-0.2, -0.15) is 0 Å². The van der Waals surface area contributed by atoms with Crippen molar-refractivity contribution in [3.8, 4) is 0 Å². The summed E-state index contributed by atoms with van der Waals surface area (Å²) in [5, 5.41) is 13.4. The number of benzene rings is 1. The molecule has 0 heterocycles. The van der Waals surface area contributed by atoms with E-state index in [1.54, 1.807) is 0 Å². The molecule has 0 amide bonds. The Morgan fingerprint density at radius 3 is 2.44 bits per heavy atom. The minimum absolute atomic E-state index is 0.279. The number of aliphatic hydroxyl groups excluding tert-OH is 1. The number of hydrogen-bond acceptors (Lipinski definition) is 3. The third kappa shape index (κ3) is 5.36. The first kappa shape index (κ1) is 15.4. The summed E-state index contributed by atoms with van der Waals surface area (Å²) >= 11 is 5.89. The predicted molar refractivity (Wildman–Crippen MR) is 77.0 cm³/mol. The monoisotopic (exact) mass is 270 g/mol. The normalized spacial score (nSPS) is 14.8. The van der Waals surface area contributed by atoms with Crippen molar-refractivity contribution in [2.45, 2.75) is 25.5 Å². The van der Waals surface area contributed by atoms with Gasteiger partial charge in [0.1, 0.15) is 0 Å². The van der Waals surface area contributed by atoms with Crippen LogP contribution >= 0.6 is 11.6 Å². The fourth-order valence-electron chi connectivity index (χ4n) is 2.06. The summed E-state index contributed by atoms with van der Waals surface area (Å²) in [6.45, 7) is 3.46. The van der Waals surface area contributed by atoms with Crippen molar-refractivity contribution in [1.82, 2.24) is 10.2 Å². The molecule has 4 heteroatoms. The van der Waals surface area contributed by atoms with E-state index in [9.17, 15) is 5.11 Å². The highest BCUT2D eigenvalue weighted by atomic mass is 35.5. The molecular formula is C14H23ClN2O. The van der Waals surface area contributed by atoms with E-state index < -0.39 is 0 Å². The Morgan fingerprint density at radius 1 is 1.33 bits per heavy atom. The van der Waals surface area contributed by atoms with Crippen LogP contribution in [-0.2, 0) is 0 Å². The van der Waals surface area contributed by atoms with Crippen molar-refractivity contribution < 1.29 is 5.11 Å². The van der Waals surface area contributed by atoms with Crippen molar-refractivity contribution in [3.05, 3.63) is 34.9 Å². The Balaban J connectivity index is 2.49. The number of halogens is 1. The summed E-state index contributed by atoms with van der Waals surface area (Å²) < 4.78 is 0. The van der Waals surface area contributed by atoms with Gasteiger partial charge in [-0.05, 0) is 51.7 Å². The Bertz CT molecular complexity index is 340. The molecule has 0 saturated carbocycles. The van der Waals surface area contributed by atoms with E-state index in [2.05, 4.69) is 22.3 Å². The average molecular weight is 271 g/mol. The average Bonchev–Trinajstić information content (AvgIpc) is 2.31. The molecule has 0 fully saturated rings. The highest BCUT2D eigenvalue weighted by molar-refractivity contribution is 6.30. The summed E-state index contributed by atoms with van der Waals surface area (Å²) in [7, 11) is 4.00. The fraction of sp³-hybridized carbons (Fsp3) is 0.571. The van der Waals surface area contributed by atoms with E-state index in [-0.39, 0.29) is 6.10 Å². The molecule has 102 valence electrons. The van der Waals surface area contributed by atoms with Gasteiger partial charge in [0.2, 0.25) is 0 Å². The van der Waals surface area contributed by atoms with Gasteiger partial charge in [0, 0.05) is 17.6 Å². The van der Waals surface area contributed by atoms with Crippen molar-refractivity contribution in [2.75, 3.05) is 27.2 Å². The molecule has 0 aromatic heterocycles. The van der Waals surface area contributed by atoms with Gasteiger partial charge in [0.25, 0.3) is 0 Å². The molecule has 0 aliphatic rings. The zero-order valence-corrected chi connectivity index (χ0v) is 12.1. The SMILES string of the molecule is CNC(CCN(C)CC(C)O)c1ccc(Cl)cc1. The molecule has 0 aliphatic carbocycles. The molecule has 1 rings (SSSR count). The molecule has 0 aliphatic heterocycles. The zero-order chi connectivity index (χ0) is 13.5. The summed E-state index contributed by atoms with van der Waals surface area (Å²) in [5.41, 5.74) is 1.24. The van der Waals surface area contributed by atoms with Crippen LogP contribution in [0.3, 0.4) is 0 Å². The van der Waals surface area contributed by atoms with E-state index in [1.807, 2.05) is 33.2 Å². The van der Waals surface area contributed by atoms with Crippen LogP contribution in [0.15, 0.2) is 24.3 Å². The van der Waals surface area contributed by atoms with Crippen LogP contribution in [0, 0.1) is 0 Å². The lowest BCUT2D eigenvalue weighted by Gasteiger charge is -2.22. The Morgan fingerprint density at radius 2 is 1.94 bits per heavy atom. The van der Waals surface area contributed by atoms with Crippen LogP contribution in [0.25, 0.3) is 0 Å². The lowest BCUT2D eigenvalue weighted by Crippen LogP contribution is -2.30. The topological polar surface area (TPSA) is 35.5 Å². The second-order valence-corrected chi connectivity index (χ2v) is 5.23. The van der Waals surface area contributed by atoms with Gasteiger partial charge >= 0.3 is 0 Å². The van der Waals surface area contributed by atoms with E-state index in [0.29, 0.717) is 12.6 Å². The third-order valence-electron chi connectivity index (χ3n) is 3.00. The van der Waals surface area contributed by atoms with Crippen LogP contribution in [0.2, 0.25) is 5.02 Å². The molecule has 18 heavy (non-hydrogen) atoms. The van der Waals surface area contributed by atoms with Gasteiger partial charge in [0.05, 0.1) is 6.10 Å². The quantitative estimate of drug-likeness (QED) is 0.798. The lowest BCUT2D eigenvalue weighted by molar-refractivity contribution is 0.139. The minimum atomic E-state index is -0.279. The summed E-state index contributed by atoms with van der Waals surface area (Å²) in [5.74, 6) is 0. The van der Waals surface area contributed by atoms with Gasteiger partial charge in [-0.3, -0.25) is 0 Å². The van der Waals surface area contributed by atoms with Gasteiger partial charge < -0.3 is 15.3 Å². The molecule has 2 atom stereocenters. The zero-order valence-electron chi connectivity index (χ0n) is 11.4. The molecule has 0 radical (unpaired) electrons. The lowest BCUT2D eigenvalue weighted by atomic mass is 10.0. The van der Waals surface area contributed by atoms with Crippen LogP contribution in [-0.4, -0.2) is 43.3 Å². The Hall–Kier alpha value is -0.610. The number of nitrogens with zero attached hydrogens (tertiary/aromatic N) is 1. The maximum absolute atomic E-state index is 9.32. The maximum Gasteiger partial charge on any atom is 0.0638 e. The molecule has 3 nitrogen and oxygen atoms in total. The highest BCUT2D eigenvalue weighted by Gasteiger charge is 2.11. The van der Waals surface area contributed by atoms with Gasteiger partial charge in [-0.15, -0.1) is 0 Å². The summed E-state index contributed by atoms with van der Waals surface area (Å²) in [6, 6.07) is 8.26. The van der Waals surface area contributed by atoms with E-state index in [4.69, 9.17) is 11.6 Å². The molecule has 0 bridgehead atoms. The highest BCUT2D eigenvalue weighted by Crippen LogP contribution is 2.19. The van der Waals surface area contributed by atoms with Gasteiger partial charge in [0.15, 0.2) is 0 Å². The van der Waals surface area contributed by atoms with E-state index in [0.717, 1.165) is 18.0 Å². The van der Waals surface area contributed by atoms with Crippen molar-refractivity contribution >= 4 is 11.6 Å². The van der Waals surface area contributed by atoms with Crippen molar-refractivity contribution in [3.63, 3.8) is 0 Å². The molecule has 1 aromatic rings. The number of likely N-dealkylation sites (N-methyl/N-ethyl adjacent to an activating group) is 1. The number of nitrogens with one attached hydrogen (secondary N) is 1. The second-order valence-electron chi connectivity index (χ2n) is 4.79. The first-order chi connectivity index (χ1) is 8.52. The fourth-order valence-corrected chi connectivity index (χ4v) is 2.19. The molecule has 2 unspecified atom stereocenters. The summed E-state index contributed by atoms with van der Waals surface area (Å²) in [4.78, 5) is 2.14. The van der Waals surface area contributed by atoms with Crippen molar-refractivity contribution in [1.29, 1.82) is 0 Å².